The fourth-order valence-electron chi connectivity index (χ4n) is 7.50. The van der Waals surface area contributed by atoms with E-state index in [0.717, 1.165) is 32.4 Å². The molecule has 1 amide bonds. The van der Waals surface area contributed by atoms with Gasteiger partial charge in [-0.2, -0.15) is 0 Å². The molecule has 1 saturated carbocycles. The van der Waals surface area contributed by atoms with Crippen molar-refractivity contribution in [1.29, 1.82) is 0 Å². The zero-order valence-corrected chi connectivity index (χ0v) is 26.4. The molecule has 2 fully saturated rings. The van der Waals surface area contributed by atoms with Crippen LogP contribution < -0.4 is 5.32 Å². The monoisotopic (exact) mass is 686 g/mol. The number of aliphatic hydroxyl groups excluding tert-OH is 1. The molecule has 0 aromatic heterocycles. The van der Waals surface area contributed by atoms with E-state index < -0.39 is 69.3 Å². The molecule has 2 aliphatic heterocycles. The van der Waals surface area contributed by atoms with Crippen LogP contribution in [-0.2, 0) is 15.1 Å². The number of benzene rings is 3. The van der Waals surface area contributed by atoms with Crippen molar-refractivity contribution in [3.63, 3.8) is 0 Å². The number of aliphatic hydroxyl groups is 1. The summed E-state index contributed by atoms with van der Waals surface area (Å²) in [6.45, 7) is 0.194. The van der Waals surface area contributed by atoms with E-state index in [0.29, 0.717) is 16.3 Å². The maximum absolute atomic E-state index is 16.0. The molecule has 47 heavy (non-hydrogen) atoms. The van der Waals surface area contributed by atoms with Crippen LogP contribution in [0, 0.1) is 32.0 Å². The molecular formula is C32H29Cl2FN4O8. The topological polar surface area (TPSA) is 165 Å². The van der Waals surface area contributed by atoms with E-state index >= 15 is 4.39 Å². The van der Waals surface area contributed by atoms with Crippen molar-refractivity contribution in [2.24, 2.45) is 5.92 Å². The fraction of sp³-hybridized carbons (Fsp3) is 0.375. The van der Waals surface area contributed by atoms with Crippen LogP contribution >= 0.6 is 23.2 Å². The second-order valence-corrected chi connectivity index (χ2v) is 12.9. The summed E-state index contributed by atoms with van der Waals surface area (Å²) in [4.78, 5) is 52.1. The van der Waals surface area contributed by atoms with Crippen molar-refractivity contribution in [3.05, 3.63) is 113 Å². The number of carbonyl (C=O) groups excluding carboxylic acids is 2. The van der Waals surface area contributed by atoms with Gasteiger partial charge in [0.1, 0.15) is 11.4 Å². The normalized spacial score (nSPS) is 24.4. The number of hydrogen-bond donors (Lipinski definition) is 2. The van der Waals surface area contributed by atoms with Gasteiger partial charge >= 0.3 is 5.97 Å². The third-order valence-electron chi connectivity index (χ3n) is 9.74. The number of rotatable bonds is 9. The Bertz CT molecular complexity index is 1810. The fourth-order valence-corrected chi connectivity index (χ4v) is 7.85. The second kappa shape index (κ2) is 12.5. The summed E-state index contributed by atoms with van der Waals surface area (Å²) in [5.41, 5.74) is -2.22. The van der Waals surface area contributed by atoms with Crippen LogP contribution in [0.4, 0.5) is 15.8 Å². The number of nitro benzene ring substituents is 1. The molecule has 15 heteroatoms. The number of methoxy groups -OCH3 is 1. The van der Waals surface area contributed by atoms with Crippen LogP contribution in [0.15, 0.2) is 54.6 Å². The van der Waals surface area contributed by atoms with Crippen LogP contribution in [-0.4, -0.2) is 57.5 Å². The number of anilines is 1. The van der Waals surface area contributed by atoms with E-state index in [1.807, 2.05) is 0 Å². The highest BCUT2D eigenvalue weighted by atomic mass is 35.5. The van der Waals surface area contributed by atoms with Gasteiger partial charge in [-0.1, -0.05) is 47.8 Å². The molecular weight excluding hydrogens is 658 g/mol. The number of nitrogens with one attached hydrogen (secondary N) is 1. The lowest BCUT2D eigenvalue weighted by molar-refractivity contribution is -0.528. The van der Waals surface area contributed by atoms with Gasteiger partial charge in [-0.15, -0.1) is 0 Å². The molecule has 2 heterocycles. The Morgan fingerprint density at radius 1 is 1.17 bits per heavy atom. The zero-order valence-electron chi connectivity index (χ0n) is 24.9. The Labute approximate surface area is 277 Å². The predicted molar refractivity (Wildman–Crippen MR) is 169 cm³/mol. The maximum atomic E-state index is 16.0. The summed E-state index contributed by atoms with van der Waals surface area (Å²) >= 11 is 12.5. The Hall–Kier alpha value is -4.17. The molecule has 0 bridgehead atoms. The summed E-state index contributed by atoms with van der Waals surface area (Å²) in [5.74, 6) is -3.77. The Morgan fingerprint density at radius 3 is 2.55 bits per heavy atom. The molecule has 1 aliphatic carbocycles. The molecule has 12 nitrogen and oxygen atoms in total. The lowest BCUT2D eigenvalue weighted by atomic mass is 9.73. The molecule has 1 unspecified atom stereocenters. The summed E-state index contributed by atoms with van der Waals surface area (Å²) in [5, 5.41) is 39.7. The Balaban J connectivity index is 1.56. The lowest BCUT2D eigenvalue weighted by Gasteiger charge is -2.42. The molecule has 246 valence electrons. The number of esters is 1. The number of nitrogens with zero attached hydrogens (tertiary/aromatic N) is 3. The predicted octanol–water partition coefficient (Wildman–Crippen LogP) is 6.01. The first-order valence-corrected chi connectivity index (χ1v) is 15.7. The van der Waals surface area contributed by atoms with Crippen LogP contribution in [0.5, 0.6) is 0 Å². The third-order valence-corrected chi connectivity index (χ3v) is 10.3. The van der Waals surface area contributed by atoms with E-state index in [-0.39, 0.29) is 34.2 Å². The number of likely N-dealkylation sites (tertiary alicyclic amines) is 1. The first-order valence-electron chi connectivity index (χ1n) is 14.9. The number of ether oxygens (including phenoxy) is 1. The Kier molecular flexibility index (Phi) is 8.68. The van der Waals surface area contributed by atoms with E-state index in [4.69, 9.17) is 23.2 Å². The van der Waals surface area contributed by atoms with E-state index in [1.54, 1.807) is 17.0 Å². The molecule has 3 aromatic carbocycles. The smallest absolute Gasteiger partial charge is 0.338 e. The average molecular weight is 688 g/mol. The molecule has 3 aliphatic rings. The standard InChI is InChI=1S/C32H29Cl2FN4O8/c1-47-30(41)17-8-10-19(24(12-17)38(43)44)26(40)14-25-29(39(45)46)27(20-6-3-7-22(34)28(20)35)32(37(25)15-16-4-2-5-16)21-11-9-18(33)13-23(21)36-31(32)42/h3,6-13,16,25-27,29,40H,2,4-5,14-15H2,1H3,(H,36,42)/t25-,26?,27-,29+,32+/m0/s1. The average Bonchev–Trinajstić information content (AvgIpc) is 3.45. The first kappa shape index (κ1) is 32.8. The minimum Gasteiger partial charge on any atom is -0.465 e. The van der Waals surface area contributed by atoms with Gasteiger partial charge in [0, 0.05) is 39.4 Å². The minimum atomic E-state index is -1.83. The van der Waals surface area contributed by atoms with Crippen molar-refractivity contribution in [2.45, 2.75) is 55.3 Å². The van der Waals surface area contributed by atoms with Gasteiger partial charge in [-0.25, -0.2) is 9.18 Å². The maximum Gasteiger partial charge on any atom is 0.338 e. The van der Waals surface area contributed by atoms with Crippen molar-refractivity contribution in [1.82, 2.24) is 4.90 Å². The van der Waals surface area contributed by atoms with Crippen molar-refractivity contribution in [2.75, 3.05) is 19.0 Å². The van der Waals surface area contributed by atoms with Gasteiger partial charge in [0.15, 0.2) is 0 Å². The highest BCUT2D eigenvalue weighted by molar-refractivity contribution is 6.31. The lowest BCUT2D eigenvalue weighted by Crippen LogP contribution is -2.54. The van der Waals surface area contributed by atoms with E-state index in [9.17, 15) is 34.9 Å². The number of halogens is 3. The third kappa shape index (κ3) is 5.31. The number of fused-ring (bicyclic) bond motifs is 2. The van der Waals surface area contributed by atoms with Gasteiger partial charge in [0.25, 0.3) is 11.6 Å². The van der Waals surface area contributed by atoms with Gasteiger partial charge in [-0.3, -0.25) is 29.9 Å². The summed E-state index contributed by atoms with van der Waals surface area (Å²) < 4.78 is 20.7. The highest BCUT2D eigenvalue weighted by Crippen LogP contribution is 2.60. The molecule has 6 rings (SSSR count). The van der Waals surface area contributed by atoms with Gasteiger partial charge in [0.05, 0.1) is 46.2 Å². The number of carbonyl (C=O) groups is 2. The van der Waals surface area contributed by atoms with Crippen LogP contribution in [0.25, 0.3) is 0 Å². The molecule has 1 spiro atoms. The van der Waals surface area contributed by atoms with Crippen LogP contribution in [0.3, 0.4) is 0 Å². The molecule has 5 atom stereocenters. The minimum absolute atomic E-state index is 0.0414. The van der Waals surface area contributed by atoms with Crippen LogP contribution in [0.2, 0.25) is 10.0 Å². The summed E-state index contributed by atoms with van der Waals surface area (Å²) in [6.07, 6.45) is 0.398. The number of amides is 1. The number of nitro groups is 2. The molecule has 1 saturated heterocycles. The van der Waals surface area contributed by atoms with Crippen LogP contribution in [0.1, 0.15) is 64.8 Å². The van der Waals surface area contributed by atoms with Gasteiger partial charge in [0.2, 0.25) is 6.04 Å². The molecule has 2 N–H and O–H groups in total. The van der Waals surface area contributed by atoms with Crippen molar-refractivity contribution in [3.8, 4) is 0 Å². The quantitative estimate of drug-likeness (QED) is 0.156. The van der Waals surface area contributed by atoms with Gasteiger partial charge in [-0.05, 0) is 55.5 Å². The van der Waals surface area contributed by atoms with Crippen molar-refractivity contribution < 1.29 is 33.7 Å². The van der Waals surface area contributed by atoms with Crippen molar-refractivity contribution >= 4 is 46.5 Å². The highest BCUT2D eigenvalue weighted by Gasteiger charge is 2.71. The first-order chi connectivity index (χ1) is 22.4. The summed E-state index contributed by atoms with van der Waals surface area (Å²) in [6, 6.07) is 9.27. The second-order valence-electron chi connectivity index (χ2n) is 12.1. The zero-order chi connectivity index (χ0) is 33.8. The number of hydrogen-bond acceptors (Lipinski definition) is 9. The molecule has 3 aromatic rings. The Morgan fingerprint density at radius 2 is 1.91 bits per heavy atom. The largest absolute Gasteiger partial charge is 0.465 e. The van der Waals surface area contributed by atoms with E-state index in [2.05, 4.69) is 10.1 Å². The van der Waals surface area contributed by atoms with E-state index in [1.165, 1.54) is 36.4 Å². The summed E-state index contributed by atoms with van der Waals surface area (Å²) in [7, 11) is 1.12. The SMILES string of the molecule is COC(=O)c1ccc(C(O)C[C@H]2[C@@H]([N+](=O)[O-])[C@H](c3cccc(Cl)c3F)[C@]3(C(=O)Nc4cc(Cl)ccc43)N2CC2CCC2)c([N+](=O)[O-])c1. The van der Waals surface area contributed by atoms with Gasteiger partial charge < -0.3 is 15.2 Å². The molecule has 0 radical (unpaired) electrons.